The van der Waals surface area contributed by atoms with Crippen molar-refractivity contribution in [2.24, 2.45) is 0 Å². The van der Waals surface area contributed by atoms with E-state index in [1.807, 2.05) is 26.0 Å². The molecule has 3 aromatic rings. The second-order valence-electron chi connectivity index (χ2n) is 13.1. The quantitative estimate of drug-likeness (QED) is 0.262. The molecular formula is C33H47N5O3Si. The van der Waals surface area contributed by atoms with E-state index in [1.54, 1.807) is 0 Å². The molecule has 1 aromatic heterocycles. The first-order valence-electron chi connectivity index (χ1n) is 14.8. The van der Waals surface area contributed by atoms with Gasteiger partial charge in [-0.1, -0.05) is 32.9 Å². The Bertz CT molecular complexity index is 1440. The van der Waals surface area contributed by atoms with Crippen LogP contribution in [-0.4, -0.2) is 56.3 Å². The summed E-state index contributed by atoms with van der Waals surface area (Å²) in [6.45, 7) is 19.4. The van der Waals surface area contributed by atoms with Crippen LogP contribution in [0.5, 0.6) is 11.6 Å². The van der Waals surface area contributed by atoms with Gasteiger partial charge in [-0.05, 0) is 113 Å². The third-order valence-corrected chi connectivity index (χ3v) is 13.3. The summed E-state index contributed by atoms with van der Waals surface area (Å²) >= 11 is 0. The van der Waals surface area contributed by atoms with Crippen molar-refractivity contribution in [2.75, 3.05) is 37.9 Å². The predicted molar refractivity (Wildman–Crippen MR) is 174 cm³/mol. The Hall–Kier alpha value is -3.43. The zero-order valence-electron chi connectivity index (χ0n) is 26.9. The Morgan fingerprint density at radius 1 is 1.05 bits per heavy atom. The summed E-state index contributed by atoms with van der Waals surface area (Å²) < 4.78 is 12.1. The highest BCUT2D eigenvalue weighted by Gasteiger charge is 2.39. The first-order valence-corrected chi connectivity index (χ1v) is 17.7. The van der Waals surface area contributed by atoms with Gasteiger partial charge in [0.2, 0.25) is 20.1 Å². The van der Waals surface area contributed by atoms with Gasteiger partial charge in [0.1, 0.15) is 11.3 Å². The number of carbonyl (C=O) groups is 1. The number of ether oxygens (including phenoxy) is 1. The van der Waals surface area contributed by atoms with Gasteiger partial charge in [-0.25, -0.2) is 4.98 Å². The number of benzene rings is 2. The summed E-state index contributed by atoms with van der Waals surface area (Å²) in [6, 6.07) is 10.4. The predicted octanol–water partition coefficient (Wildman–Crippen LogP) is 7.60. The minimum absolute atomic E-state index is 0.0572. The van der Waals surface area contributed by atoms with E-state index in [0.717, 1.165) is 41.3 Å². The smallest absolute Gasteiger partial charge is 0.262 e. The molecule has 1 saturated heterocycles. The molecule has 0 saturated carbocycles. The van der Waals surface area contributed by atoms with E-state index in [1.165, 1.54) is 37.3 Å². The Balaban J connectivity index is 1.51. The number of aromatic nitrogens is 2. The van der Waals surface area contributed by atoms with Crippen LogP contribution in [0.1, 0.15) is 72.1 Å². The van der Waals surface area contributed by atoms with Crippen molar-refractivity contribution >= 4 is 31.5 Å². The van der Waals surface area contributed by atoms with Crippen LogP contribution >= 0.6 is 0 Å². The highest BCUT2D eigenvalue weighted by molar-refractivity contribution is 6.74. The van der Waals surface area contributed by atoms with Gasteiger partial charge in [0.25, 0.3) is 5.91 Å². The lowest BCUT2D eigenvalue weighted by atomic mass is 9.87. The number of likely N-dealkylation sites (tertiary alicyclic amines) is 1. The third kappa shape index (κ3) is 6.95. The molecule has 0 atom stereocenters. The molecule has 42 heavy (non-hydrogen) atoms. The zero-order chi connectivity index (χ0) is 30.8. The van der Waals surface area contributed by atoms with Gasteiger partial charge in [0.05, 0.1) is 12.8 Å². The number of hydrogen-bond acceptors (Lipinski definition) is 7. The summed E-state index contributed by atoms with van der Waals surface area (Å²) in [5.74, 6) is 1.62. The van der Waals surface area contributed by atoms with E-state index in [4.69, 9.17) is 9.16 Å². The van der Waals surface area contributed by atoms with Crippen molar-refractivity contribution < 1.29 is 14.0 Å². The van der Waals surface area contributed by atoms with E-state index in [9.17, 15) is 4.79 Å². The number of methoxy groups -OCH3 is 1. The van der Waals surface area contributed by atoms with E-state index in [2.05, 4.69) is 91.5 Å². The van der Waals surface area contributed by atoms with Gasteiger partial charge >= 0.3 is 0 Å². The van der Waals surface area contributed by atoms with Crippen molar-refractivity contribution in [1.82, 2.24) is 14.9 Å². The van der Waals surface area contributed by atoms with Crippen molar-refractivity contribution in [2.45, 2.75) is 78.4 Å². The van der Waals surface area contributed by atoms with E-state index >= 15 is 0 Å². The molecule has 2 N–H and O–H groups in total. The summed E-state index contributed by atoms with van der Waals surface area (Å²) in [6.07, 6.45) is 3.87. The number of amides is 1. The fraction of sp³-hybridized carbons (Fsp3) is 0.485. The van der Waals surface area contributed by atoms with E-state index in [-0.39, 0.29) is 22.4 Å². The van der Waals surface area contributed by atoms with Crippen molar-refractivity contribution in [3.05, 3.63) is 64.3 Å². The molecule has 4 rings (SSSR count). The van der Waals surface area contributed by atoms with Crippen molar-refractivity contribution in [3.8, 4) is 11.6 Å². The molecule has 0 radical (unpaired) electrons. The maximum Gasteiger partial charge on any atom is 0.262 e. The van der Waals surface area contributed by atoms with Crippen LogP contribution in [0.25, 0.3) is 0 Å². The van der Waals surface area contributed by atoms with Gasteiger partial charge in [0.15, 0.2) is 0 Å². The Labute approximate surface area is 252 Å². The monoisotopic (exact) mass is 589 g/mol. The minimum atomic E-state index is -2.05. The normalized spacial score (nSPS) is 14.9. The first-order chi connectivity index (χ1) is 19.7. The van der Waals surface area contributed by atoms with Crippen LogP contribution in [0.15, 0.2) is 36.5 Å². The molecule has 8 nitrogen and oxygen atoms in total. The zero-order valence-corrected chi connectivity index (χ0v) is 27.9. The fourth-order valence-electron chi connectivity index (χ4n) is 5.14. The summed E-state index contributed by atoms with van der Waals surface area (Å²) in [5, 5.41) is 6.40. The van der Waals surface area contributed by atoms with Gasteiger partial charge in [-0.15, -0.1) is 0 Å². The SMILES string of the molecule is COc1nc(Nc2ccc(C3CCN(C)CC3)c(C)c2)ncc1C(=O)Nc1c(C)ccc(O[Si](C)(C)C(C)(C)C)c1C. The molecular weight excluding hydrogens is 542 g/mol. The molecule has 1 aliphatic rings. The number of nitrogens with zero attached hydrogens (tertiary/aromatic N) is 3. The molecule has 0 aliphatic carbocycles. The maximum absolute atomic E-state index is 13.4. The molecule has 2 heterocycles. The second kappa shape index (κ2) is 12.4. The lowest BCUT2D eigenvalue weighted by molar-refractivity contribution is 0.102. The van der Waals surface area contributed by atoms with Gasteiger partial charge in [-0.3, -0.25) is 4.79 Å². The van der Waals surface area contributed by atoms with Crippen LogP contribution in [0.3, 0.4) is 0 Å². The van der Waals surface area contributed by atoms with E-state index < -0.39 is 8.32 Å². The molecule has 9 heteroatoms. The molecule has 2 aromatic carbocycles. The third-order valence-electron chi connectivity index (χ3n) is 8.91. The second-order valence-corrected chi connectivity index (χ2v) is 17.8. The standard InChI is InChI=1S/C33H47N5O3Si/c1-21-11-14-28(41-42(9,10)33(4,5)6)23(3)29(21)36-30(39)27-20-34-32(37-31(27)40-8)35-25-12-13-26(22(2)19-25)24-15-17-38(7)18-16-24/h11-14,19-20,24H,15-18H2,1-10H3,(H,36,39)(H,34,35,37). The molecule has 0 bridgehead atoms. The lowest BCUT2D eigenvalue weighted by Crippen LogP contribution is -2.44. The van der Waals surface area contributed by atoms with Crippen LogP contribution in [0.2, 0.25) is 18.1 Å². The number of hydrogen-bond donors (Lipinski definition) is 2. The first kappa shape index (κ1) is 31.5. The number of piperidine rings is 1. The summed E-state index contributed by atoms with van der Waals surface area (Å²) in [7, 11) is 1.64. The highest BCUT2D eigenvalue weighted by Crippen LogP contribution is 2.40. The maximum atomic E-state index is 13.4. The average molecular weight is 590 g/mol. The number of anilines is 3. The molecule has 0 unspecified atom stereocenters. The molecule has 226 valence electrons. The van der Waals surface area contributed by atoms with E-state index in [0.29, 0.717) is 11.9 Å². The topological polar surface area (TPSA) is 88.6 Å². The van der Waals surface area contributed by atoms with Crippen molar-refractivity contribution in [1.29, 1.82) is 0 Å². The van der Waals surface area contributed by atoms with Crippen LogP contribution in [-0.2, 0) is 0 Å². The Kier molecular flexibility index (Phi) is 9.32. The average Bonchev–Trinajstić information content (AvgIpc) is 2.92. The molecule has 0 spiro atoms. The Morgan fingerprint density at radius 2 is 1.74 bits per heavy atom. The van der Waals surface area contributed by atoms with Crippen LogP contribution in [0.4, 0.5) is 17.3 Å². The van der Waals surface area contributed by atoms with Gasteiger partial charge in [-0.2, -0.15) is 4.98 Å². The Morgan fingerprint density at radius 3 is 2.36 bits per heavy atom. The van der Waals surface area contributed by atoms with Gasteiger partial charge in [0, 0.05) is 17.4 Å². The lowest BCUT2D eigenvalue weighted by Gasteiger charge is -2.37. The highest BCUT2D eigenvalue weighted by atomic mass is 28.4. The number of nitrogens with one attached hydrogen (secondary N) is 2. The van der Waals surface area contributed by atoms with Crippen LogP contribution < -0.4 is 19.8 Å². The van der Waals surface area contributed by atoms with Crippen LogP contribution in [0, 0.1) is 20.8 Å². The van der Waals surface area contributed by atoms with Gasteiger partial charge < -0.3 is 24.7 Å². The number of rotatable bonds is 8. The minimum Gasteiger partial charge on any atom is -0.543 e. The number of carbonyl (C=O) groups excluding carboxylic acids is 1. The largest absolute Gasteiger partial charge is 0.543 e. The molecule has 1 amide bonds. The summed E-state index contributed by atoms with van der Waals surface area (Å²) in [4.78, 5) is 24.8. The molecule has 1 aliphatic heterocycles. The number of aryl methyl sites for hydroxylation is 2. The fourth-order valence-corrected chi connectivity index (χ4v) is 6.21. The van der Waals surface area contributed by atoms with Crippen molar-refractivity contribution in [3.63, 3.8) is 0 Å². The molecule has 1 fully saturated rings. The summed E-state index contributed by atoms with van der Waals surface area (Å²) in [5.41, 5.74) is 6.37.